The monoisotopic (exact) mass is 298 g/mol. The second-order valence-electron chi connectivity index (χ2n) is 5.04. The number of aromatic nitrogens is 2. The number of hydrogen-bond acceptors (Lipinski definition) is 3. The summed E-state index contributed by atoms with van der Waals surface area (Å²) in [6, 6.07) is 0. The first-order chi connectivity index (χ1) is 9.43. The standard InChI is InChI=1S/C13H19ClN4O2/c1-4-5-17-7-12(20)18(8-11(17)19)6-10-9(2)15-16(3)13(10)14/h4-8H2,1-3H3. The van der Waals surface area contributed by atoms with Crippen LogP contribution in [-0.2, 0) is 23.2 Å². The van der Waals surface area contributed by atoms with E-state index in [9.17, 15) is 9.59 Å². The van der Waals surface area contributed by atoms with Gasteiger partial charge in [-0.05, 0) is 13.3 Å². The Balaban J connectivity index is 2.11. The largest absolute Gasteiger partial charge is 0.332 e. The van der Waals surface area contributed by atoms with Crippen molar-refractivity contribution >= 4 is 23.4 Å². The van der Waals surface area contributed by atoms with E-state index in [0.717, 1.165) is 17.7 Å². The summed E-state index contributed by atoms with van der Waals surface area (Å²) in [5.74, 6) is -0.0542. The average molecular weight is 299 g/mol. The van der Waals surface area contributed by atoms with Crippen LogP contribution in [0.2, 0.25) is 5.15 Å². The predicted molar refractivity (Wildman–Crippen MR) is 75.2 cm³/mol. The lowest BCUT2D eigenvalue weighted by Gasteiger charge is -2.33. The van der Waals surface area contributed by atoms with Gasteiger partial charge in [0.1, 0.15) is 11.7 Å². The molecule has 2 rings (SSSR count). The molecule has 0 N–H and O–H groups in total. The van der Waals surface area contributed by atoms with Crippen molar-refractivity contribution in [2.75, 3.05) is 19.6 Å². The molecule has 2 amide bonds. The zero-order valence-corrected chi connectivity index (χ0v) is 12.8. The van der Waals surface area contributed by atoms with Crippen LogP contribution in [0.3, 0.4) is 0 Å². The highest BCUT2D eigenvalue weighted by atomic mass is 35.5. The number of hydrogen-bond donors (Lipinski definition) is 0. The van der Waals surface area contributed by atoms with Crippen molar-refractivity contribution < 1.29 is 9.59 Å². The van der Waals surface area contributed by atoms with Gasteiger partial charge in [-0.2, -0.15) is 5.10 Å². The molecular weight excluding hydrogens is 280 g/mol. The highest BCUT2D eigenvalue weighted by Gasteiger charge is 2.30. The van der Waals surface area contributed by atoms with E-state index in [2.05, 4.69) is 5.10 Å². The molecule has 1 aliphatic heterocycles. The molecule has 2 heterocycles. The Bertz CT molecular complexity index is 541. The molecule has 7 heteroatoms. The highest BCUT2D eigenvalue weighted by molar-refractivity contribution is 6.30. The first-order valence-electron chi connectivity index (χ1n) is 6.67. The first kappa shape index (κ1) is 14.8. The summed E-state index contributed by atoms with van der Waals surface area (Å²) >= 11 is 6.16. The smallest absolute Gasteiger partial charge is 0.242 e. The van der Waals surface area contributed by atoms with E-state index in [1.54, 1.807) is 21.5 Å². The van der Waals surface area contributed by atoms with E-state index in [4.69, 9.17) is 11.6 Å². The minimum absolute atomic E-state index is 0.0101. The molecule has 0 saturated carbocycles. The van der Waals surface area contributed by atoms with Crippen molar-refractivity contribution in [2.45, 2.75) is 26.8 Å². The molecule has 20 heavy (non-hydrogen) atoms. The van der Waals surface area contributed by atoms with E-state index in [0.29, 0.717) is 18.2 Å². The molecule has 0 aliphatic carbocycles. The van der Waals surface area contributed by atoms with Crippen LogP contribution in [0.25, 0.3) is 0 Å². The van der Waals surface area contributed by atoms with Crippen LogP contribution >= 0.6 is 11.6 Å². The van der Waals surface area contributed by atoms with Crippen LogP contribution in [-0.4, -0.2) is 51.0 Å². The van der Waals surface area contributed by atoms with Gasteiger partial charge in [0, 0.05) is 19.2 Å². The van der Waals surface area contributed by atoms with E-state index in [1.165, 1.54) is 0 Å². The Morgan fingerprint density at radius 2 is 1.80 bits per heavy atom. The second kappa shape index (κ2) is 5.83. The van der Waals surface area contributed by atoms with Gasteiger partial charge in [-0.3, -0.25) is 14.3 Å². The summed E-state index contributed by atoms with van der Waals surface area (Å²) < 4.78 is 1.58. The number of rotatable bonds is 4. The summed E-state index contributed by atoms with van der Waals surface area (Å²) in [5, 5.41) is 4.73. The third-order valence-electron chi connectivity index (χ3n) is 3.47. The fourth-order valence-electron chi connectivity index (χ4n) is 2.37. The van der Waals surface area contributed by atoms with Crippen LogP contribution in [0.4, 0.5) is 0 Å². The van der Waals surface area contributed by atoms with Gasteiger partial charge in [-0.25, -0.2) is 0 Å². The van der Waals surface area contributed by atoms with E-state index in [-0.39, 0.29) is 24.9 Å². The summed E-state index contributed by atoms with van der Waals surface area (Å²) in [6.07, 6.45) is 0.854. The molecule has 0 spiro atoms. The summed E-state index contributed by atoms with van der Waals surface area (Å²) in [7, 11) is 1.75. The summed E-state index contributed by atoms with van der Waals surface area (Å²) in [6.45, 7) is 5.07. The number of nitrogens with zero attached hydrogens (tertiary/aromatic N) is 4. The van der Waals surface area contributed by atoms with E-state index >= 15 is 0 Å². The number of aryl methyl sites for hydroxylation is 2. The van der Waals surface area contributed by atoms with Gasteiger partial charge in [-0.15, -0.1) is 0 Å². The molecule has 1 aromatic heterocycles. The number of piperazine rings is 1. The van der Waals surface area contributed by atoms with Crippen molar-refractivity contribution in [1.82, 2.24) is 19.6 Å². The van der Waals surface area contributed by atoms with Crippen molar-refractivity contribution in [2.24, 2.45) is 7.05 Å². The van der Waals surface area contributed by atoms with Crippen molar-refractivity contribution in [1.29, 1.82) is 0 Å². The summed E-state index contributed by atoms with van der Waals surface area (Å²) in [5.41, 5.74) is 1.59. The number of amides is 2. The molecule has 0 unspecified atom stereocenters. The molecule has 0 bridgehead atoms. The van der Waals surface area contributed by atoms with E-state index < -0.39 is 0 Å². The van der Waals surface area contributed by atoms with Gasteiger partial charge >= 0.3 is 0 Å². The minimum atomic E-state index is -0.0441. The van der Waals surface area contributed by atoms with Gasteiger partial charge in [0.2, 0.25) is 11.8 Å². The van der Waals surface area contributed by atoms with E-state index in [1.807, 2.05) is 13.8 Å². The first-order valence-corrected chi connectivity index (χ1v) is 7.05. The lowest BCUT2D eigenvalue weighted by atomic mass is 10.2. The van der Waals surface area contributed by atoms with Crippen LogP contribution in [0.5, 0.6) is 0 Å². The molecule has 0 radical (unpaired) electrons. The number of halogens is 1. The Morgan fingerprint density at radius 3 is 2.35 bits per heavy atom. The van der Waals surface area contributed by atoms with Crippen LogP contribution < -0.4 is 0 Å². The Kier molecular flexibility index (Phi) is 4.32. The van der Waals surface area contributed by atoms with Crippen LogP contribution in [0.1, 0.15) is 24.6 Å². The molecule has 0 atom stereocenters. The van der Waals surface area contributed by atoms with Crippen LogP contribution in [0.15, 0.2) is 0 Å². The molecule has 1 fully saturated rings. The molecule has 1 saturated heterocycles. The van der Waals surface area contributed by atoms with Crippen LogP contribution in [0, 0.1) is 6.92 Å². The average Bonchev–Trinajstić information content (AvgIpc) is 2.62. The number of carbonyl (C=O) groups excluding carboxylic acids is 2. The lowest BCUT2D eigenvalue weighted by Crippen LogP contribution is -2.53. The minimum Gasteiger partial charge on any atom is -0.332 e. The van der Waals surface area contributed by atoms with Gasteiger partial charge < -0.3 is 9.80 Å². The second-order valence-corrected chi connectivity index (χ2v) is 5.40. The molecule has 1 aromatic rings. The van der Waals surface area contributed by atoms with Gasteiger partial charge in [0.25, 0.3) is 0 Å². The normalized spacial score (nSPS) is 16.2. The molecular formula is C13H19ClN4O2. The van der Waals surface area contributed by atoms with Crippen molar-refractivity contribution in [3.8, 4) is 0 Å². The maximum Gasteiger partial charge on any atom is 0.242 e. The molecule has 0 aromatic carbocycles. The predicted octanol–water partition coefficient (Wildman–Crippen LogP) is 0.963. The highest BCUT2D eigenvalue weighted by Crippen LogP contribution is 2.21. The number of carbonyl (C=O) groups is 2. The fourth-order valence-corrected chi connectivity index (χ4v) is 2.60. The fraction of sp³-hybridized carbons (Fsp3) is 0.615. The quantitative estimate of drug-likeness (QED) is 0.832. The van der Waals surface area contributed by atoms with Gasteiger partial charge in [0.05, 0.1) is 18.8 Å². The van der Waals surface area contributed by atoms with Gasteiger partial charge in [0.15, 0.2) is 0 Å². The van der Waals surface area contributed by atoms with Gasteiger partial charge in [-0.1, -0.05) is 18.5 Å². The SMILES string of the molecule is CCCN1CC(=O)N(Cc2c(C)nn(C)c2Cl)CC1=O. The van der Waals surface area contributed by atoms with Crippen molar-refractivity contribution in [3.63, 3.8) is 0 Å². The zero-order chi connectivity index (χ0) is 14.9. The summed E-state index contributed by atoms with van der Waals surface area (Å²) in [4.78, 5) is 27.3. The third kappa shape index (κ3) is 2.80. The maximum atomic E-state index is 12.1. The maximum absolute atomic E-state index is 12.1. The lowest BCUT2D eigenvalue weighted by molar-refractivity contribution is -0.150. The zero-order valence-electron chi connectivity index (χ0n) is 12.0. The Morgan fingerprint density at radius 1 is 1.20 bits per heavy atom. The molecule has 6 nitrogen and oxygen atoms in total. The Labute approximate surface area is 123 Å². The third-order valence-corrected chi connectivity index (χ3v) is 3.94. The molecule has 1 aliphatic rings. The topological polar surface area (TPSA) is 58.4 Å². The molecule has 110 valence electrons. The Hall–Kier alpha value is -1.56. The van der Waals surface area contributed by atoms with Crippen molar-refractivity contribution in [3.05, 3.63) is 16.4 Å².